The van der Waals surface area contributed by atoms with E-state index < -0.39 is 5.82 Å². The van der Waals surface area contributed by atoms with Crippen molar-refractivity contribution >= 4 is 29.9 Å². The molecule has 0 spiro atoms. The summed E-state index contributed by atoms with van der Waals surface area (Å²) in [6, 6.07) is 3.91. The monoisotopic (exact) mass is 320 g/mol. The summed E-state index contributed by atoms with van der Waals surface area (Å²) in [7, 11) is 1.94. The van der Waals surface area contributed by atoms with Crippen LogP contribution < -0.4 is 5.32 Å². The Balaban J connectivity index is 0.00000200. The fourth-order valence-electron chi connectivity index (χ4n) is 2.46. The topological polar surface area (TPSA) is 32.3 Å². The number of nitrogens with zero attached hydrogens (tertiary/aromatic N) is 1. The van der Waals surface area contributed by atoms with Gasteiger partial charge in [-0.3, -0.25) is 4.79 Å². The van der Waals surface area contributed by atoms with Gasteiger partial charge in [-0.15, -0.1) is 12.4 Å². The second-order valence-corrected chi connectivity index (χ2v) is 5.32. The smallest absolute Gasteiger partial charge is 0.255 e. The van der Waals surface area contributed by atoms with E-state index in [0.29, 0.717) is 11.5 Å². The average molecular weight is 321 g/mol. The number of hydrogen-bond acceptors (Lipinski definition) is 2. The van der Waals surface area contributed by atoms with Crippen LogP contribution in [0, 0.1) is 11.7 Å². The molecule has 2 rings (SSSR count). The van der Waals surface area contributed by atoms with Crippen molar-refractivity contribution < 1.29 is 9.18 Å². The summed E-state index contributed by atoms with van der Waals surface area (Å²) in [5.41, 5.74) is 0.384. The van der Waals surface area contributed by atoms with Crippen LogP contribution in [0.15, 0.2) is 18.2 Å². The van der Waals surface area contributed by atoms with Crippen LogP contribution in [0.4, 0.5) is 4.39 Å². The molecule has 3 nitrogen and oxygen atoms in total. The van der Waals surface area contributed by atoms with Crippen LogP contribution in [0.1, 0.15) is 23.2 Å². The van der Waals surface area contributed by atoms with Crippen molar-refractivity contribution in [1.82, 2.24) is 10.2 Å². The molecule has 1 aliphatic heterocycles. The summed E-state index contributed by atoms with van der Waals surface area (Å²) in [4.78, 5) is 14.1. The van der Waals surface area contributed by atoms with E-state index >= 15 is 0 Å². The first-order chi connectivity index (χ1) is 9.11. The molecule has 1 aromatic carbocycles. The Morgan fingerprint density at radius 1 is 1.45 bits per heavy atom. The molecule has 1 heterocycles. The van der Waals surface area contributed by atoms with Crippen molar-refractivity contribution in [3.8, 4) is 0 Å². The van der Waals surface area contributed by atoms with E-state index in [-0.39, 0.29) is 23.3 Å². The van der Waals surface area contributed by atoms with E-state index in [2.05, 4.69) is 5.32 Å². The van der Waals surface area contributed by atoms with Crippen LogP contribution in [-0.2, 0) is 0 Å². The zero-order chi connectivity index (χ0) is 13.8. The third-order valence-corrected chi connectivity index (χ3v) is 3.87. The lowest BCUT2D eigenvalue weighted by molar-refractivity contribution is 0.0691. The zero-order valence-electron chi connectivity index (χ0n) is 11.4. The first-order valence-corrected chi connectivity index (χ1v) is 6.88. The van der Waals surface area contributed by atoms with Gasteiger partial charge in [-0.25, -0.2) is 4.39 Å². The molecule has 0 aliphatic carbocycles. The molecule has 0 bridgehead atoms. The van der Waals surface area contributed by atoms with E-state index in [1.165, 1.54) is 18.2 Å². The normalized spacial score (nSPS) is 15.8. The van der Waals surface area contributed by atoms with Crippen molar-refractivity contribution in [2.45, 2.75) is 12.8 Å². The summed E-state index contributed by atoms with van der Waals surface area (Å²) in [6.45, 7) is 2.46. The van der Waals surface area contributed by atoms with Gasteiger partial charge in [0.25, 0.3) is 5.91 Å². The maximum absolute atomic E-state index is 13.0. The number of benzene rings is 1. The highest BCUT2D eigenvalue weighted by Gasteiger charge is 2.24. The highest BCUT2D eigenvalue weighted by atomic mass is 35.5. The number of piperidine rings is 1. The van der Waals surface area contributed by atoms with Crippen LogP contribution in [-0.4, -0.2) is 37.5 Å². The number of hydrogen-bond donors (Lipinski definition) is 1. The third-order valence-electron chi connectivity index (χ3n) is 3.56. The lowest BCUT2D eigenvalue weighted by Gasteiger charge is -2.32. The van der Waals surface area contributed by atoms with Crippen LogP contribution in [0.5, 0.6) is 0 Å². The number of carbonyl (C=O) groups is 1. The minimum Gasteiger partial charge on any atom is -0.339 e. The molecular weight excluding hydrogens is 302 g/mol. The van der Waals surface area contributed by atoms with E-state index in [9.17, 15) is 9.18 Å². The third kappa shape index (κ3) is 4.08. The van der Waals surface area contributed by atoms with Gasteiger partial charge in [0.2, 0.25) is 0 Å². The first-order valence-electron chi connectivity index (χ1n) is 6.50. The predicted molar refractivity (Wildman–Crippen MR) is 81.2 cm³/mol. The van der Waals surface area contributed by atoms with Gasteiger partial charge in [0.05, 0.1) is 10.6 Å². The number of amides is 1. The van der Waals surface area contributed by atoms with Gasteiger partial charge in [0, 0.05) is 13.1 Å². The Bertz CT molecular complexity index is 462. The van der Waals surface area contributed by atoms with Gasteiger partial charge < -0.3 is 10.2 Å². The van der Waals surface area contributed by atoms with Crippen LogP contribution in [0.2, 0.25) is 5.02 Å². The van der Waals surface area contributed by atoms with Gasteiger partial charge in [0.1, 0.15) is 5.82 Å². The second-order valence-electron chi connectivity index (χ2n) is 4.92. The summed E-state index contributed by atoms with van der Waals surface area (Å²) in [6.07, 6.45) is 1.98. The Labute approximate surface area is 129 Å². The van der Waals surface area contributed by atoms with Crippen molar-refractivity contribution in [2.24, 2.45) is 5.92 Å². The molecule has 0 radical (unpaired) electrons. The molecule has 0 aromatic heterocycles. The Hall–Kier alpha value is -0.840. The molecule has 1 saturated heterocycles. The lowest BCUT2D eigenvalue weighted by atomic mass is 9.96. The van der Waals surface area contributed by atoms with Gasteiger partial charge in [0.15, 0.2) is 0 Å². The molecule has 1 aliphatic rings. The summed E-state index contributed by atoms with van der Waals surface area (Å²) >= 11 is 5.92. The van der Waals surface area contributed by atoms with E-state index in [4.69, 9.17) is 11.6 Å². The summed E-state index contributed by atoms with van der Waals surface area (Å²) in [5, 5.41) is 3.35. The molecule has 1 N–H and O–H groups in total. The number of carbonyl (C=O) groups excluding carboxylic acids is 1. The quantitative estimate of drug-likeness (QED) is 0.928. The molecule has 1 aromatic rings. The van der Waals surface area contributed by atoms with Crippen molar-refractivity contribution in [2.75, 3.05) is 26.7 Å². The van der Waals surface area contributed by atoms with Crippen LogP contribution in [0.3, 0.4) is 0 Å². The van der Waals surface area contributed by atoms with Crippen LogP contribution in [0.25, 0.3) is 0 Å². The minimum absolute atomic E-state index is 0. The molecule has 20 heavy (non-hydrogen) atoms. The Morgan fingerprint density at radius 2 is 2.10 bits per heavy atom. The SMILES string of the molecule is CNCC1CCN(C(=O)c2ccc(F)cc2Cl)CC1.Cl. The number of halogens is 3. The van der Waals surface area contributed by atoms with Crippen molar-refractivity contribution in [3.63, 3.8) is 0 Å². The first kappa shape index (κ1) is 17.2. The average Bonchev–Trinajstić information content (AvgIpc) is 2.39. The van der Waals surface area contributed by atoms with Gasteiger partial charge in [-0.05, 0) is 50.6 Å². The molecule has 0 unspecified atom stereocenters. The number of rotatable bonds is 3. The summed E-state index contributed by atoms with van der Waals surface area (Å²) in [5.74, 6) is 0.0972. The summed E-state index contributed by atoms with van der Waals surface area (Å²) < 4.78 is 13.0. The Kier molecular flexibility index (Phi) is 6.72. The highest BCUT2D eigenvalue weighted by Crippen LogP contribution is 2.22. The highest BCUT2D eigenvalue weighted by molar-refractivity contribution is 6.33. The maximum Gasteiger partial charge on any atom is 0.255 e. The van der Waals surface area contributed by atoms with Gasteiger partial charge in [-0.2, -0.15) is 0 Å². The van der Waals surface area contributed by atoms with E-state index in [0.717, 1.165) is 32.5 Å². The second kappa shape index (κ2) is 7.81. The van der Waals surface area contributed by atoms with Crippen molar-refractivity contribution in [3.05, 3.63) is 34.6 Å². The number of nitrogens with one attached hydrogen (secondary N) is 1. The largest absolute Gasteiger partial charge is 0.339 e. The minimum atomic E-state index is -0.422. The molecule has 112 valence electrons. The predicted octanol–water partition coefficient (Wildman–Crippen LogP) is 2.97. The van der Waals surface area contributed by atoms with E-state index in [1.807, 2.05) is 7.05 Å². The van der Waals surface area contributed by atoms with Crippen molar-refractivity contribution in [1.29, 1.82) is 0 Å². The van der Waals surface area contributed by atoms with Gasteiger partial charge in [-0.1, -0.05) is 11.6 Å². The zero-order valence-corrected chi connectivity index (χ0v) is 12.9. The molecule has 0 saturated carbocycles. The fraction of sp³-hybridized carbons (Fsp3) is 0.500. The van der Waals surface area contributed by atoms with Gasteiger partial charge >= 0.3 is 0 Å². The standard InChI is InChI=1S/C14H18ClFN2O.ClH/c1-17-9-10-4-6-18(7-5-10)14(19)12-3-2-11(16)8-13(12)15;/h2-3,8,10,17H,4-7,9H2,1H3;1H. The number of likely N-dealkylation sites (tertiary alicyclic amines) is 1. The molecule has 1 amide bonds. The molecule has 1 fully saturated rings. The maximum atomic E-state index is 13.0. The molecule has 6 heteroatoms. The lowest BCUT2D eigenvalue weighted by Crippen LogP contribution is -2.40. The van der Waals surface area contributed by atoms with Crippen LogP contribution >= 0.6 is 24.0 Å². The fourth-order valence-corrected chi connectivity index (χ4v) is 2.71. The van der Waals surface area contributed by atoms with E-state index in [1.54, 1.807) is 4.90 Å². The molecule has 0 atom stereocenters. The Morgan fingerprint density at radius 3 is 2.65 bits per heavy atom. The molecular formula is C14H19Cl2FN2O.